The van der Waals surface area contributed by atoms with Gasteiger partial charge in [-0.1, -0.05) is 35.9 Å². The fourth-order valence-electron chi connectivity index (χ4n) is 1.63. The minimum atomic E-state index is -4.66. The molecule has 0 atom stereocenters. The summed E-state index contributed by atoms with van der Waals surface area (Å²) in [6.45, 7) is 1.98. The van der Waals surface area contributed by atoms with Crippen LogP contribution in [0.5, 0.6) is 5.75 Å². The number of ether oxygens (including phenoxy) is 1. The van der Waals surface area contributed by atoms with Gasteiger partial charge in [-0.3, -0.25) is 0 Å². The maximum atomic E-state index is 12.2. The Morgan fingerprint density at radius 2 is 1.53 bits per heavy atom. The van der Waals surface area contributed by atoms with Crippen LogP contribution in [0.15, 0.2) is 42.5 Å². The number of alkyl halides is 3. The van der Waals surface area contributed by atoms with Crippen molar-refractivity contribution in [2.45, 2.75) is 13.3 Å². The van der Waals surface area contributed by atoms with Gasteiger partial charge in [0, 0.05) is 0 Å². The first-order valence-corrected chi connectivity index (χ1v) is 6.55. The molecule has 0 spiro atoms. The number of hydrogen-bond acceptors (Lipinski definition) is 1. The van der Waals surface area contributed by atoms with Crippen LogP contribution < -0.4 is 4.74 Å². The summed E-state index contributed by atoms with van der Waals surface area (Å²) in [6, 6.07) is 12.4. The van der Waals surface area contributed by atoms with Crippen LogP contribution in [0.3, 0.4) is 0 Å². The van der Waals surface area contributed by atoms with E-state index in [4.69, 9.17) is 0 Å². The first kappa shape index (κ1) is 14.2. The number of halogens is 4. The van der Waals surface area contributed by atoms with Gasteiger partial charge in [0.15, 0.2) is 0 Å². The van der Waals surface area contributed by atoms with Gasteiger partial charge in [0.2, 0.25) is 0 Å². The van der Waals surface area contributed by atoms with E-state index in [1.54, 1.807) is 12.1 Å². The molecule has 0 fully saturated rings. The lowest BCUT2D eigenvalue weighted by atomic mass is 10.0. The van der Waals surface area contributed by atoms with Gasteiger partial charge in [0.25, 0.3) is 0 Å². The zero-order valence-electron chi connectivity index (χ0n) is 9.96. The highest BCUT2D eigenvalue weighted by atomic mass is 127. The quantitative estimate of drug-likeness (QED) is 0.656. The second-order valence-electron chi connectivity index (χ2n) is 4.06. The molecular formula is C14H10F3IO. The molecule has 2 aromatic carbocycles. The van der Waals surface area contributed by atoms with Crippen molar-refractivity contribution >= 4 is 22.6 Å². The van der Waals surface area contributed by atoms with Crippen molar-refractivity contribution in [1.29, 1.82) is 0 Å². The second-order valence-corrected chi connectivity index (χ2v) is 5.22. The summed E-state index contributed by atoms with van der Waals surface area (Å²) in [7, 11) is 0. The third-order valence-corrected chi connectivity index (χ3v) is 3.39. The van der Waals surface area contributed by atoms with Crippen LogP contribution in [0.4, 0.5) is 13.2 Å². The predicted molar refractivity (Wildman–Crippen MR) is 76.0 cm³/mol. The summed E-state index contributed by atoms with van der Waals surface area (Å²) in [5.41, 5.74) is 2.96. The fourth-order valence-corrected chi connectivity index (χ4v) is 2.26. The Labute approximate surface area is 122 Å². The molecule has 0 amide bonds. The largest absolute Gasteiger partial charge is 0.573 e. The summed E-state index contributed by atoms with van der Waals surface area (Å²) < 4.78 is 40.9. The Kier molecular flexibility index (Phi) is 4.03. The van der Waals surface area contributed by atoms with Crippen molar-refractivity contribution in [3.05, 3.63) is 51.6 Å². The molecular weight excluding hydrogens is 368 g/mol. The van der Waals surface area contributed by atoms with E-state index >= 15 is 0 Å². The highest BCUT2D eigenvalue weighted by molar-refractivity contribution is 14.1. The number of hydrogen-bond donors (Lipinski definition) is 0. The monoisotopic (exact) mass is 378 g/mol. The van der Waals surface area contributed by atoms with E-state index in [9.17, 15) is 13.2 Å². The minimum Gasteiger partial charge on any atom is -0.405 e. The van der Waals surface area contributed by atoms with Crippen LogP contribution in [0.2, 0.25) is 0 Å². The van der Waals surface area contributed by atoms with Gasteiger partial charge >= 0.3 is 6.36 Å². The molecule has 0 unspecified atom stereocenters. The third kappa shape index (κ3) is 3.86. The van der Waals surface area contributed by atoms with Gasteiger partial charge in [0.05, 0.1) is 3.57 Å². The molecule has 0 aliphatic rings. The van der Waals surface area contributed by atoms with Crippen molar-refractivity contribution in [2.24, 2.45) is 0 Å². The molecule has 0 saturated carbocycles. The Morgan fingerprint density at radius 3 is 2.05 bits per heavy atom. The molecule has 19 heavy (non-hydrogen) atoms. The predicted octanol–water partition coefficient (Wildman–Crippen LogP) is 5.17. The van der Waals surface area contributed by atoms with Crippen molar-refractivity contribution in [3.63, 3.8) is 0 Å². The highest BCUT2D eigenvalue weighted by Crippen LogP contribution is 2.31. The number of aryl methyl sites for hydroxylation is 1. The topological polar surface area (TPSA) is 9.23 Å². The average Bonchev–Trinajstić information content (AvgIpc) is 2.31. The Morgan fingerprint density at radius 1 is 0.947 bits per heavy atom. The maximum Gasteiger partial charge on any atom is 0.573 e. The summed E-state index contributed by atoms with van der Waals surface area (Å²) in [4.78, 5) is 0. The van der Waals surface area contributed by atoms with Gasteiger partial charge in [-0.2, -0.15) is 0 Å². The molecule has 0 aliphatic carbocycles. The summed E-state index contributed by atoms with van der Waals surface area (Å²) in [6.07, 6.45) is -4.66. The van der Waals surface area contributed by atoms with Crippen LogP contribution in [-0.2, 0) is 0 Å². The zero-order valence-corrected chi connectivity index (χ0v) is 12.1. The maximum absolute atomic E-state index is 12.2. The zero-order chi connectivity index (χ0) is 14.0. The molecule has 0 heterocycles. The first-order chi connectivity index (χ1) is 8.85. The standard InChI is InChI=1S/C14H10F3IO/c1-9-2-4-10(5-3-9)11-6-7-13(12(18)8-11)19-14(15,16)17/h2-8H,1H3. The van der Waals surface area contributed by atoms with Crippen LogP contribution in [-0.4, -0.2) is 6.36 Å². The van der Waals surface area contributed by atoms with Crippen molar-refractivity contribution in [1.82, 2.24) is 0 Å². The lowest BCUT2D eigenvalue weighted by Crippen LogP contribution is -2.17. The van der Waals surface area contributed by atoms with Crippen molar-refractivity contribution in [2.75, 3.05) is 0 Å². The summed E-state index contributed by atoms with van der Waals surface area (Å²) in [5, 5.41) is 0. The Balaban J connectivity index is 2.31. The molecule has 0 bridgehead atoms. The summed E-state index contributed by atoms with van der Waals surface area (Å²) >= 11 is 1.83. The van der Waals surface area contributed by atoms with Crippen LogP contribution in [0, 0.1) is 10.5 Å². The summed E-state index contributed by atoms with van der Waals surface area (Å²) in [5.74, 6) is -0.177. The van der Waals surface area contributed by atoms with Gasteiger partial charge in [-0.05, 0) is 52.8 Å². The van der Waals surface area contributed by atoms with Gasteiger partial charge in [0.1, 0.15) is 5.75 Å². The normalized spacial score (nSPS) is 11.4. The minimum absolute atomic E-state index is 0.177. The van der Waals surface area contributed by atoms with Gasteiger partial charge in [-0.15, -0.1) is 13.2 Å². The van der Waals surface area contributed by atoms with E-state index in [2.05, 4.69) is 4.74 Å². The Bertz CT molecular complexity index is 576. The molecule has 0 aromatic heterocycles. The second kappa shape index (κ2) is 5.40. The van der Waals surface area contributed by atoms with Gasteiger partial charge < -0.3 is 4.74 Å². The van der Waals surface area contributed by atoms with Crippen LogP contribution >= 0.6 is 22.6 Å². The van der Waals surface area contributed by atoms with E-state index in [1.165, 1.54) is 6.07 Å². The molecule has 2 rings (SSSR count). The van der Waals surface area contributed by atoms with E-state index in [0.29, 0.717) is 3.57 Å². The SMILES string of the molecule is Cc1ccc(-c2ccc(OC(F)(F)F)c(I)c2)cc1. The third-order valence-electron chi connectivity index (χ3n) is 2.54. The molecule has 0 N–H and O–H groups in total. The molecule has 100 valence electrons. The van der Waals surface area contributed by atoms with Gasteiger partial charge in [-0.25, -0.2) is 0 Å². The molecule has 2 aromatic rings. The molecule has 0 aliphatic heterocycles. The van der Waals surface area contributed by atoms with Crippen LogP contribution in [0.25, 0.3) is 11.1 Å². The van der Waals surface area contributed by atoms with Crippen molar-refractivity contribution in [3.8, 4) is 16.9 Å². The smallest absolute Gasteiger partial charge is 0.405 e. The van der Waals surface area contributed by atoms with Crippen molar-refractivity contribution < 1.29 is 17.9 Å². The number of rotatable bonds is 2. The van der Waals surface area contributed by atoms with E-state index < -0.39 is 6.36 Å². The fraction of sp³-hybridized carbons (Fsp3) is 0.143. The first-order valence-electron chi connectivity index (χ1n) is 5.47. The number of benzene rings is 2. The lowest BCUT2D eigenvalue weighted by Gasteiger charge is -2.11. The molecule has 0 saturated heterocycles. The van der Waals surface area contributed by atoms with E-state index in [0.717, 1.165) is 16.7 Å². The molecule has 1 nitrogen and oxygen atoms in total. The molecule has 5 heteroatoms. The van der Waals surface area contributed by atoms with E-state index in [1.807, 2.05) is 53.8 Å². The highest BCUT2D eigenvalue weighted by Gasteiger charge is 2.31. The Hall–Kier alpha value is -1.24. The van der Waals surface area contributed by atoms with E-state index in [-0.39, 0.29) is 5.75 Å². The molecule has 0 radical (unpaired) electrons. The lowest BCUT2D eigenvalue weighted by molar-refractivity contribution is -0.274. The average molecular weight is 378 g/mol. The van der Waals surface area contributed by atoms with Crippen LogP contribution in [0.1, 0.15) is 5.56 Å².